The number of hydrogen-bond donors (Lipinski definition) is 1. The van der Waals surface area contributed by atoms with Crippen LogP contribution in [0, 0.1) is 6.92 Å². The van der Waals surface area contributed by atoms with E-state index < -0.39 is 5.38 Å². The average molecular weight is 226 g/mol. The lowest BCUT2D eigenvalue weighted by atomic mass is 10.0. The highest BCUT2D eigenvalue weighted by Gasteiger charge is 2.14. The van der Waals surface area contributed by atoms with Crippen molar-refractivity contribution in [2.24, 2.45) is 0 Å². The van der Waals surface area contributed by atoms with Crippen molar-refractivity contribution < 1.29 is 4.79 Å². The van der Waals surface area contributed by atoms with Gasteiger partial charge >= 0.3 is 0 Å². The summed E-state index contributed by atoms with van der Waals surface area (Å²) in [7, 11) is 0. The molecule has 15 heavy (non-hydrogen) atoms. The van der Waals surface area contributed by atoms with E-state index in [1.165, 1.54) is 5.56 Å². The fourth-order valence-electron chi connectivity index (χ4n) is 1.48. The number of halogens is 1. The Morgan fingerprint density at radius 1 is 1.33 bits per heavy atom. The molecule has 0 aliphatic rings. The zero-order valence-electron chi connectivity index (χ0n) is 9.25. The van der Waals surface area contributed by atoms with Gasteiger partial charge in [-0.15, -0.1) is 11.6 Å². The van der Waals surface area contributed by atoms with Crippen LogP contribution in [0.2, 0.25) is 0 Å². The first-order chi connectivity index (χ1) is 7.02. The number of carbonyl (C=O) groups excluding carboxylic acids is 1. The van der Waals surface area contributed by atoms with Gasteiger partial charge in [0, 0.05) is 0 Å². The number of nitrogens with one attached hydrogen (secondary N) is 1. The minimum absolute atomic E-state index is 0.0000926. The zero-order chi connectivity index (χ0) is 11.4. The van der Waals surface area contributed by atoms with Crippen LogP contribution < -0.4 is 5.32 Å². The lowest BCUT2D eigenvalue weighted by Gasteiger charge is -2.17. The van der Waals surface area contributed by atoms with Gasteiger partial charge in [0.15, 0.2) is 0 Å². The summed E-state index contributed by atoms with van der Waals surface area (Å²) in [5, 5.41) is 2.38. The number of carbonyl (C=O) groups is 1. The van der Waals surface area contributed by atoms with Crippen molar-refractivity contribution in [1.82, 2.24) is 5.32 Å². The number of rotatable bonds is 3. The molecular formula is C12H16ClNO. The van der Waals surface area contributed by atoms with Crippen LogP contribution in [0.1, 0.15) is 31.0 Å². The van der Waals surface area contributed by atoms with Crippen LogP contribution in [0.3, 0.4) is 0 Å². The van der Waals surface area contributed by atoms with E-state index in [1.54, 1.807) is 6.92 Å². The van der Waals surface area contributed by atoms with Crippen LogP contribution in [0.25, 0.3) is 0 Å². The normalized spacial score (nSPS) is 14.4. The summed E-state index contributed by atoms with van der Waals surface area (Å²) in [4.78, 5) is 11.4. The number of amides is 1. The van der Waals surface area contributed by atoms with Crippen LogP contribution in [0.5, 0.6) is 0 Å². The molecule has 0 unspecified atom stereocenters. The molecule has 0 saturated heterocycles. The van der Waals surface area contributed by atoms with Gasteiger partial charge in [0.05, 0.1) is 6.04 Å². The Bertz CT molecular complexity index is 349. The maximum Gasteiger partial charge on any atom is 0.238 e. The zero-order valence-corrected chi connectivity index (χ0v) is 10.0. The SMILES string of the molecule is Cc1ccccc1[C@H](C)NC(=O)[C@H](C)Cl. The summed E-state index contributed by atoms with van der Waals surface area (Å²) in [5.74, 6) is -0.132. The fraction of sp³-hybridized carbons (Fsp3) is 0.417. The molecular weight excluding hydrogens is 210 g/mol. The largest absolute Gasteiger partial charge is 0.348 e. The maximum absolute atomic E-state index is 11.4. The molecule has 1 amide bonds. The number of aryl methyl sites for hydroxylation is 1. The number of alkyl halides is 1. The first-order valence-electron chi connectivity index (χ1n) is 5.02. The van der Waals surface area contributed by atoms with Crippen LogP contribution in [-0.2, 0) is 4.79 Å². The Morgan fingerprint density at radius 2 is 1.93 bits per heavy atom. The topological polar surface area (TPSA) is 29.1 Å². The number of benzene rings is 1. The molecule has 0 aromatic heterocycles. The lowest BCUT2D eigenvalue weighted by molar-refractivity contribution is -0.121. The predicted octanol–water partition coefficient (Wildman–Crippen LogP) is 2.80. The van der Waals surface area contributed by atoms with Gasteiger partial charge in [0.1, 0.15) is 5.38 Å². The van der Waals surface area contributed by atoms with E-state index >= 15 is 0 Å². The first kappa shape index (κ1) is 12.1. The summed E-state index contributed by atoms with van der Waals surface area (Å²) >= 11 is 5.69. The lowest BCUT2D eigenvalue weighted by Crippen LogP contribution is -2.32. The molecule has 0 saturated carbocycles. The Kier molecular flexibility index (Phi) is 4.15. The maximum atomic E-state index is 11.4. The van der Waals surface area contributed by atoms with E-state index in [-0.39, 0.29) is 11.9 Å². The van der Waals surface area contributed by atoms with Crippen molar-refractivity contribution in [3.8, 4) is 0 Å². The van der Waals surface area contributed by atoms with Crippen molar-refractivity contribution in [3.63, 3.8) is 0 Å². The standard InChI is InChI=1S/C12H16ClNO/c1-8-6-4-5-7-11(8)10(3)14-12(15)9(2)13/h4-7,9-10H,1-3H3,(H,14,15)/t9-,10-/m0/s1. The first-order valence-corrected chi connectivity index (χ1v) is 5.46. The minimum Gasteiger partial charge on any atom is -0.348 e. The van der Waals surface area contributed by atoms with Gasteiger partial charge in [0.25, 0.3) is 0 Å². The average Bonchev–Trinajstić information content (AvgIpc) is 2.18. The second kappa shape index (κ2) is 5.17. The smallest absolute Gasteiger partial charge is 0.238 e. The second-order valence-corrected chi connectivity index (χ2v) is 4.36. The third kappa shape index (κ3) is 3.24. The van der Waals surface area contributed by atoms with Gasteiger partial charge in [-0.25, -0.2) is 0 Å². The molecule has 0 aliphatic carbocycles. The summed E-state index contributed by atoms with van der Waals surface area (Å²) in [6.45, 7) is 5.66. The van der Waals surface area contributed by atoms with Gasteiger partial charge in [0.2, 0.25) is 5.91 Å². The summed E-state index contributed by atoms with van der Waals surface area (Å²) in [6.07, 6.45) is 0. The van der Waals surface area contributed by atoms with Gasteiger partial charge in [-0.3, -0.25) is 4.79 Å². The van der Waals surface area contributed by atoms with Crippen molar-refractivity contribution in [2.75, 3.05) is 0 Å². The van der Waals surface area contributed by atoms with E-state index in [0.29, 0.717) is 0 Å². The molecule has 0 bridgehead atoms. The summed E-state index contributed by atoms with van der Waals surface area (Å²) in [6, 6.07) is 7.99. The van der Waals surface area contributed by atoms with Gasteiger partial charge in [-0.05, 0) is 31.9 Å². The summed E-state index contributed by atoms with van der Waals surface area (Å²) < 4.78 is 0. The highest BCUT2D eigenvalue weighted by Crippen LogP contribution is 2.16. The number of hydrogen-bond acceptors (Lipinski definition) is 1. The molecule has 1 aromatic rings. The monoisotopic (exact) mass is 225 g/mol. The second-order valence-electron chi connectivity index (χ2n) is 3.70. The molecule has 0 spiro atoms. The predicted molar refractivity (Wildman–Crippen MR) is 63.1 cm³/mol. The van der Waals surface area contributed by atoms with Crippen molar-refractivity contribution in [2.45, 2.75) is 32.2 Å². The molecule has 0 radical (unpaired) electrons. The molecule has 0 heterocycles. The minimum atomic E-state index is -0.489. The van der Waals surface area contributed by atoms with Crippen LogP contribution in [-0.4, -0.2) is 11.3 Å². The van der Waals surface area contributed by atoms with Gasteiger partial charge in [-0.2, -0.15) is 0 Å². The molecule has 1 N–H and O–H groups in total. The van der Waals surface area contributed by atoms with E-state index in [4.69, 9.17) is 11.6 Å². The summed E-state index contributed by atoms with van der Waals surface area (Å²) in [5.41, 5.74) is 2.30. The van der Waals surface area contributed by atoms with Gasteiger partial charge in [-0.1, -0.05) is 24.3 Å². The van der Waals surface area contributed by atoms with E-state index in [1.807, 2.05) is 38.1 Å². The van der Waals surface area contributed by atoms with Crippen molar-refractivity contribution in [1.29, 1.82) is 0 Å². The third-order valence-electron chi connectivity index (χ3n) is 2.38. The van der Waals surface area contributed by atoms with Crippen molar-refractivity contribution in [3.05, 3.63) is 35.4 Å². The third-order valence-corrected chi connectivity index (χ3v) is 2.57. The van der Waals surface area contributed by atoms with Gasteiger partial charge < -0.3 is 5.32 Å². The molecule has 0 aliphatic heterocycles. The Hall–Kier alpha value is -1.02. The molecule has 0 fully saturated rings. The highest BCUT2D eigenvalue weighted by molar-refractivity contribution is 6.30. The van der Waals surface area contributed by atoms with E-state index in [9.17, 15) is 4.79 Å². The Balaban J connectivity index is 2.73. The molecule has 1 aromatic carbocycles. The molecule has 2 atom stereocenters. The molecule has 2 nitrogen and oxygen atoms in total. The molecule has 1 rings (SSSR count). The fourth-order valence-corrected chi connectivity index (χ4v) is 1.54. The quantitative estimate of drug-likeness (QED) is 0.788. The Morgan fingerprint density at radius 3 is 2.47 bits per heavy atom. The van der Waals surface area contributed by atoms with Crippen LogP contribution >= 0.6 is 11.6 Å². The molecule has 3 heteroatoms. The highest BCUT2D eigenvalue weighted by atomic mass is 35.5. The van der Waals surface area contributed by atoms with E-state index in [2.05, 4.69) is 5.32 Å². The van der Waals surface area contributed by atoms with E-state index in [0.717, 1.165) is 5.56 Å². The van der Waals surface area contributed by atoms with Crippen LogP contribution in [0.15, 0.2) is 24.3 Å². The molecule has 82 valence electrons. The van der Waals surface area contributed by atoms with Crippen LogP contribution in [0.4, 0.5) is 0 Å². The van der Waals surface area contributed by atoms with Crippen molar-refractivity contribution >= 4 is 17.5 Å². The Labute approximate surface area is 95.6 Å².